The van der Waals surface area contributed by atoms with Crippen LogP contribution < -0.4 is 5.73 Å². The first-order chi connectivity index (χ1) is 9.06. The van der Waals surface area contributed by atoms with Crippen LogP contribution in [0.15, 0.2) is 0 Å². The Hall–Kier alpha value is -0.490. The molecule has 0 radical (unpaired) electrons. The summed E-state index contributed by atoms with van der Waals surface area (Å²) in [6.07, 6.45) is 5.90. The molecule has 0 atom stereocenters. The van der Waals surface area contributed by atoms with Crippen LogP contribution in [0.4, 0.5) is 0 Å². The van der Waals surface area contributed by atoms with E-state index in [9.17, 15) is 9.00 Å². The number of hydrogen-bond donors (Lipinski definition) is 1. The third kappa shape index (κ3) is 3.16. The second-order valence-electron chi connectivity index (χ2n) is 5.50. The minimum atomic E-state index is -0.768. The Morgan fingerprint density at radius 3 is 2.11 bits per heavy atom. The van der Waals surface area contributed by atoms with Gasteiger partial charge >= 0.3 is 0 Å². The lowest BCUT2D eigenvalue weighted by Gasteiger charge is -2.37. The fourth-order valence-electron chi connectivity index (χ4n) is 3.04. The lowest BCUT2D eigenvalue weighted by molar-refractivity contribution is -0.138. The van der Waals surface area contributed by atoms with Gasteiger partial charge in [0, 0.05) is 35.4 Å². The molecule has 2 N–H and O–H groups in total. The molecule has 1 aliphatic heterocycles. The lowest BCUT2D eigenvalue weighted by atomic mass is 9.78. The van der Waals surface area contributed by atoms with E-state index in [4.69, 9.17) is 18.0 Å². The summed E-state index contributed by atoms with van der Waals surface area (Å²) < 4.78 is 11.4. The molecule has 1 heterocycles. The largest absolute Gasteiger partial charge is 0.392 e. The molecule has 2 rings (SSSR count). The number of thiocarbonyl (C=S) groups is 1. The van der Waals surface area contributed by atoms with E-state index in [0.717, 1.165) is 38.5 Å². The van der Waals surface area contributed by atoms with Gasteiger partial charge in [0.05, 0.1) is 10.4 Å². The zero-order valence-electron chi connectivity index (χ0n) is 11.2. The predicted octanol–water partition coefficient (Wildman–Crippen LogP) is 1.20. The third-order valence-corrected chi connectivity index (χ3v) is 5.97. The van der Waals surface area contributed by atoms with Gasteiger partial charge in [0.15, 0.2) is 0 Å². The molecule has 1 saturated heterocycles. The zero-order valence-corrected chi connectivity index (χ0v) is 12.9. The number of rotatable bonds is 2. The molecule has 1 aliphatic carbocycles. The Bertz CT molecular complexity index is 380. The molecule has 0 bridgehead atoms. The van der Waals surface area contributed by atoms with Crippen molar-refractivity contribution < 1.29 is 9.00 Å². The molecule has 108 valence electrons. The molecule has 4 nitrogen and oxygen atoms in total. The van der Waals surface area contributed by atoms with Crippen molar-refractivity contribution in [2.24, 2.45) is 11.1 Å². The van der Waals surface area contributed by atoms with E-state index in [1.165, 1.54) is 0 Å². The van der Waals surface area contributed by atoms with Gasteiger partial charge in [0.2, 0.25) is 5.91 Å². The summed E-state index contributed by atoms with van der Waals surface area (Å²) in [5.74, 6) is 1.25. The number of nitrogens with two attached hydrogens (primary N) is 1. The number of carbonyl (C=O) groups is 1. The van der Waals surface area contributed by atoms with Crippen LogP contribution >= 0.6 is 12.2 Å². The number of amides is 1. The first kappa shape index (κ1) is 14.9. The molecule has 6 heteroatoms. The Labute approximate surface area is 122 Å². The maximum atomic E-state index is 12.8. The predicted molar refractivity (Wildman–Crippen MR) is 81.4 cm³/mol. The van der Waals surface area contributed by atoms with Crippen LogP contribution in [0.25, 0.3) is 0 Å². The van der Waals surface area contributed by atoms with E-state index in [2.05, 4.69) is 0 Å². The molecule has 2 fully saturated rings. The van der Waals surface area contributed by atoms with Crippen molar-refractivity contribution >= 4 is 33.9 Å². The highest BCUT2D eigenvalue weighted by atomic mass is 32.2. The van der Waals surface area contributed by atoms with Crippen LogP contribution in [0.5, 0.6) is 0 Å². The maximum absolute atomic E-state index is 12.8. The minimum absolute atomic E-state index is 0.0820. The topological polar surface area (TPSA) is 63.4 Å². The Balaban J connectivity index is 2.16. The van der Waals surface area contributed by atoms with Crippen LogP contribution in [-0.2, 0) is 15.6 Å². The lowest BCUT2D eigenvalue weighted by Crippen LogP contribution is -2.53. The molecule has 19 heavy (non-hydrogen) atoms. The van der Waals surface area contributed by atoms with Crippen LogP contribution in [0.1, 0.15) is 38.5 Å². The highest BCUT2D eigenvalue weighted by Gasteiger charge is 2.44. The van der Waals surface area contributed by atoms with Gasteiger partial charge in [-0.1, -0.05) is 37.9 Å². The summed E-state index contributed by atoms with van der Waals surface area (Å²) in [5.41, 5.74) is 5.30. The van der Waals surface area contributed by atoms with E-state index in [0.29, 0.717) is 29.6 Å². The Kier molecular flexibility index (Phi) is 4.95. The number of carbonyl (C=O) groups excluding carboxylic acids is 1. The average molecular weight is 302 g/mol. The Morgan fingerprint density at radius 1 is 1.11 bits per heavy atom. The van der Waals surface area contributed by atoms with E-state index in [1.54, 1.807) is 0 Å². The second kappa shape index (κ2) is 6.31. The van der Waals surface area contributed by atoms with Crippen LogP contribution in [0.2, 0.25) is 0 Å². The maximum Gasteiger partial charge on any atom is 0.235 e. The van der Waals surface area contributed by atoms with Crippen molar-refractivity contribution in [3.8, 4) is 0 Å². The average Bonchev–Trinajstić information content (AvgIpc) is 2.65. The normalized spacial score (nSPS) is 24.7. The van der Waals surface area contributed by atoms with Crippen molar-refractivity contribution in [3.05, 3.63) is 0 Å². The summed E-state index contributed by atoms with van der Waals surface area (Å²) in [6, 6.07) is 0. The fourth-order valence-corrected chi connectivity index (χ4v) is 4.39. The van der Waals surface area contributed by atoms with Crippen molar-refractivity contribution in [3.63, 3.8) is 0 Å². The van der Waals surface area contributed by atoms with Gasteiger partial charge in [-0.25, -0.2) is 0 Å². The summed E-state index contributed by atoms with van der Waals surface area (Å²) in [5, 5.41) is 0. The number of hydrogen-bond acceptors (Lipinski definition) is 3. The first-order valence-electron chi connectivity index (χ1n) is 7.00. The zero-order chi connectivity index (χ0) is 13.9. The molecule has 1 saturated carbocycles. The highest BCUT2D eigenvalue weighted by molar-refractivity contribution is 7.85. The molecule has 0 aromatic heterocycles. The van der Waals surface area contributed by atoms with Gasteiger partial charge in [-0.2, -0.15) is 0 Å². The van der Waals surface area contributed by atoms with Crippen LogP contribution in [0.3, 0.4) is 0 Å². The summed E-state index contributed by atoms with van der Waals surface area (Å²) in [4.78, 5) is 15.0. The first-order valence-corrected chi connectivity index (χ1v) is 8.90. The minimum Gasteiger partial charge on any atom is -0.392 e. The molecule has 0 aromatic carbocycles. The summed E-state index contributed by atoms with van der Waals surface area (Å²) in [6.45, 7) is 1.16. The second-order valence-corrected chi connectivity index (χ2v) is 7.64. The third-order valence-electron chi connectivity index (χ3n) is 4.30. The van der Waals surface area contributed by atoms with E-state index >= 15 is 0 Å². The van der Waals surface area contributed by atoms with Crippen LogP contribution in [-0.4, -0.2) is 44.6 Å². The van der Waals surface area contributed by atoms with Crippen LogP contribution in [0, 0.1) is 5.41 Å². The van der Waals surface area contributed by atoms with Crippen molar-refractivity contribution in [1.82, 2.24) is 4.90 Å². The van der Waals surface area contributed by atoms with Crippen molar-refractivity contribution in [2.45, 2.75) is 38.5 Å². The van der Waals surface area contributed by atoms with Gasteiger partial charge in [0.1, 0.15) is 0 Å². The molecule has 1 amide bonds. The monoisotopic (exact) mass is 302 g/mol. The van der Waals surface area contributed by atoms with Crippen molar-refractivity contribution in [1.29, 1.82) is 0 Å². The smallest absolute Gasteiger partial charge is 0.235 e. The standard InChI is InChI=1S/C13H22N2O2S2/c14-11(18)13(5-3-1-2-4-6-13)12(16)15-7-9-19(17)10-8-15/h1-10H2,(H2,14,18). The SMILES string of the molecule is NC(=S)C1(C(=O)N2CCS(=O)CC2)CCCCCC1. The molecule has 0 unspecified atom stereocenters. The van der Waals surface area contributed by atoms with Gasteiger partial charge in [0.25, 0.3) is 0 Å². The quantitative estimate of drug-likeness (QED) is 0.615. The fraction of sp³-hybridized carbons (Fsp3) is 0.846. The summed E-state index contributed by atoms with van der Waals surface area (Å²) >= 11 is 5.23. The Morgan fingerprint density at radius 2 is 1.63 bits per heavy atom. The van der Waals surface area contributed by atoms with E-state index < -0.39 is 16.2 Å². The highest BCUT2D eigenvalue weighted by Crippen LogP contribution is 2.37. The van der Waals surface area contributed by atoms with Gasteiger partial charge in [-0.15, -0.1) is 0 Å². The molecular weight excluding hydrogens is 280 g/mol. The summed E-state index contributed by atoms with van der Waals surface area (Å²) in [7, 11) is -0.768. The van der Waals surface area contributed by atoms with Gasteiger partial charge in [-0.3, -0.25) is 9.00 Å². The molecule has 0 spiro atoms. The van der Waals surface area contributed by atoms with E-state index in [-0.39, 0.29) is 5.91 Å². The molecular formula is C13H22N2O2S2. The molecule has 0 aromatic rings. The van der Waals surface area contributed by atoms with Gasteiger partial charge < -0.3 is 10.6 Å². The molecule has 2 aliphatic rings. The van der Waals surface area contributed by atoms with E-state index in [1.807, 2.05) is 4.90 Å². The van der Waals surface area contributed by atoms with Crippen molar-refractivity contribution in [2.75, 3.05) is 24.6 Å². The van der Waals surface area contributed by atoms with Gasteiger partial charge in [-0.05, 0) is 12.8 Å². The number of nitrogens with zero attached hydrogens (tertiary/aromatic N) is 1.